The Morgan fingerprint density at radius 2 is 2.12 bits per heavy atom. The molecule has 2 aromatic rings. The van der Waals surface area contributed by atoms with Crippen molar-refractivity contribution in [1.82, 2.24) is 4.90 Å². The SMILES string of the molecule is N#Cc1cccc(CNc2ccccc2C(=O)N2CCC[C@@H]2CO)c1. The van der Waals surface area contributed by atoms with Crippen molar-refractivity contribution in [3.63, 3.8) is 0 Å². The molecule has 2 N–H and O–H groups in total. The number of rotatable bonds is 5. The summed E-state index contributed by atoms with van der Waals surface area (Å²) in [6.07, 6.45) is 1.77. The Balaban J connectivity index is 1.77. The first-order chi connectivity index (χ1) is 12.2. The fourth-order valence-electron chi connectivity index (χ4n) is 3.22. The lowest BCUT2D eigenvalue weighted by Gasteiger charge is -2.24. The van der Waals surface area contributed by atoms with Crippen LogP contribution in [0.1, 0.15) is 34.3 Å². The van der Waals surface area contributed by atoms with Gasteiger partial charge in [0.05, 0.1) is 29.8 Å². The van der Waals surface area contributed by atoms with Crippen LogP contribution in [-0.4, -0.2) is 35.1 Å². The Kier molecular flexibility index (Phi) is 5.32. The molecule has 0 spiro atoms. The molecule has 0 saturated carbocycles. The summed E-state index contributed by atoms with van der Waals surface area (Å²) in [6, 6.07) is 16.9. The molecule has 0 radical (unpaired) electrons. The lowest BCUT2D eigenvalue weighted by atomic mass is 10.1. The maximum Gasteiger partial charge on any atom is 0.256 e. The highest BCUT2D eigenvalue weighted by Gasteiger charge is 2.29. The second kappa shape index (κ2) is 7.82. The summed E-state index contributed by atoms with van der Waals surface area (Å²) in [5.41, 5.74) is 2.97. The molecule has 1 amide bonds. The van der Waals surface area contributed by atoms with E-state index < -0.39 is 0 Å². The van der Waals surface area contributed by atoms with Crippen molar-refractivity contribution in [2.24, 2.45) is 0 Å². The van der Waals surface area contributed by atoms with Gasteiger partial charge in [-0.05, 0) is 42.7 Å². The Bertz CT molecular complexity index is 798. The van der Waals surface area contributed by atoms with Crippen LogP contribution >= 0.6 is 0 Å². The minimum Gasteiger partial charge on any atom is -0.394 e. The molecule has 1 heterocycles. The van der Waals surface area contributed by atoms with E-state index >= 15 is 0 Å². The van der Waals surface area contributed by atoms with Gasteiger partial charge in [-0.15, -0.1) is 0 Å². The molecule has 5 heteroatoms. The molecule has 0 aliphatic carbocycles. The van der Waals surface area contributed by atoms with Gasteiger partial charge in [-0.1, -0.05) is 24.3 Å². The second-order valence-electron chi connectivity index (χ2n) is 6.19. The van der Waals surface area contributed by atoms with Crippen LogP contribution in [0, 0.1) is 11.3 Å². The van der Waals surface area contributed by atoms with Crippen LogP contribution in [0.4, 0.5) is 5.69 Å². The fourth-order valence-corrected chi connectivity index (χ4v) is 3.22. The predicted molar refractivity (Wildman–Crippen MR) is 96.1 cm³/mol. The summed E-state index contributed by atoms with van der Waals surface area (Å²) in [4.78, 5) is 14.6. The maximum absolute atomic E-state index is 12.9. The number of hydrogen-bond donors (Lipinski definition) is 2. The van der Waals surface area contributed by atoms with Gasteiger partial charge in [-0.25, -0.2) is 0 Å². The molecule has 3 rings (SSSR count). The number of anilines is 1. The number of nitrogens with one attached hydrogen (secondary N) is 1. The molecule has 25 heavy (non-hydrogen) atoms. The standard InChI is InChI=1S/C20H21N3O2/c21-12-15-5-3-6-16(11-15)13-22-19-9-2-1-8-18(19)20(25)23-10-4-7-17(23)14-24/h1-3,5-6,8-9,11,17,22,24H,4,7,10,13-14H2/t17-/m1/s1. The van der Waals surface area contributed by atoms with Crippen molar-refractivity contribution in [2.45, 2.75) is 25.4 Å². The zero-order valence-corrected chi connectivity index (χ0v) is 14.0. The van der Waals surface area contributed by atoms with Crippen LogP contribution in [0.15, 0.2) is 48.5 Å². The first-order valence-corrected chi connectivity index (χ1v) is 8.46. The fraction of sp³-hybridized carbons (Fsp3) is 0.300. The van der Waals surface area contributed by atoms with E-state index in [1.54, 1.807) is 11.0 Å². The van der Waals surface area contributed by atoms with Crippen molar-refractivity contribution < 1.29 is 9.90 Å². The number of nitriles is 1. The molecule has 0 bridgehead atoms. The molecule has 1 aliphatic rings. The summed E-state index contributed by atoms with van der Waals surface area (Å²) in [5, 5.41) is 21.8. The van der Waals surface area contributed by atoms with E-state index in [-0.39, 0.29) is 18.6 Å². The number of aliphatic hydroxyl groups is 1. The largest absolute Gasteiger partial charge is 0.394 e. The van der Waals surface area contributed by atoms with E-state index in [0.29, 0.717) is 24.2 Å². The summed E-state index contributed by atoms with van der Waals surface area (Å²) in [6.45, 7) is 1.22. The maximum atomic E-state index is 12.9. The molecule has 0 unspecified atom stereocenters. The van der Waals surface area contributed by atoms with Crippen LogP contribution in [0.3, 0.4) is 0 Å². The van der Waals surface area contributed by atoms with Crippen molar-refractivity contribution in [1.29, 1.82) is 5.26 Å². The Morgan fingerprint density at radius 1 is 1.28 bits per heavy atom. The molecule has 128 valence electrons. The van der Waals surface area contributed by atoms with Crippen molar-refractivity contribution in [3.05, 3.63) is 65.2 Å². The summed E-state index contributed by atoms with van der Waals surface area (Å²) < 4.78 is 0. The lowest BCUT2D eigenvalue weighted by molar-refractivity contribution is 0.0678. The lowest BCUT2D eigenvalue weighted by Crippen LogP contribution is -2.37. The van der Waals surface area contributed by atoms with E-state index in [4.69, 9.17) is 5.26 Å². The Hall–Kier alpha value is -2.84. The van der Waals surface area contributed by atoms with Gasteiger partial charge in [0.1, 0.15) is 0 Å². The monoisotopic (exact) mass is 335 g/mol. The van der Waals surface area contributed by atoms with Crippen LogP contribution < -0.4 is 5.32 Å². The van der Waals surface area contributed by atoms with E-state index in [0.717, 1.165) is 24.1 Å². The van der Waals surface area contributed by atoms with E-state index in [1.165, 1.54) is 0 Å². The second-order valence-corrected chi connectivity index (χ2v) is 6.19. The molecule has 2 aromatic carbocycles. The first-order valence-electron chi connectivity index (χ1n) is 8.46. The number of hydrogen-bond acceptors (Lipinski definition) is 4. The quantitative estimate of drug-likeness (QED) is 0.881. The summed E-state index contributed by atoms with van der Waals surface area (Å²) >= 11 is 0. The van der Waals surface area contributed by atoms with Gasteiger partial charge < -0.3 is 15.3 Å². The molecule has 5 nitrogen and oxygen atoms in total. The number of likely N-dealkylation sites (tertiary alicyclic amines) is 1. The highest BCUT2D eigenvalue weighted by atomic mass is 16.3. The van der Waals surface area contributed by atoms with Crippen LogP contribution in [0.5, 0.6) is 0 Å². The molecule has 1 fully saturated rings. The highest BCUT2D eigenvalue weighted by molar-refractivity contribution is 6.00. The predicted octanol–water partition coefficient (Wildman–Crippen LogP) is 2.77. The molecular formula is C20H21N3O2. The van der Waals surface area contributed by atoms with Crippen LogP contribution in [0.2, 0.25) is 0 Å². The van der Waals surface area contributed by atoms with Gasteiger partial charge in [0, 0.05) is 18.8 Å². The van der Waals surface area contributed by atoms with Gasteiger partial charge in [0.15, 0.2) is 0 Å². The van der Waals surface area contributed by atoms with Gasteiger partial charge in [0.25, 0.3) is 5.91 Å². The average molecular weight is 335 g/mol. The minimum absolute atomic E-state index is 0.00227. The molecular weight excluding hydrogens is 314 g/mol. The minimum atomic E-state index is -0.0899. The van der Waals surface area contributed by atoms with Gasteiger partial charge in [-0.3, -0.25) is 4.79 Å². The highest BCUT2D eigenvalue weighted by Crippen LogP contribution is 2.24. The Labute approximate surface area is 147 Å². The van der Waals surface area contributed by atoms with Crippen molar-refractivity contribution in [2.75, 3.05) is 18.5 Å². The number of carbonyl (C=O) groups excluding carboxylic acids is 1. The normalized spacial score (nSPS) is 16.5. The third-order valence-electron chi connectivity index (χ3n) is 4.55. The molecule has 0 aromatic heterocycles. The van der Waals surface area contributed by atoms with Crippen LogP contribution in [0.25, 0.3) is 0 Å². The molecule has 1 saturated heterocycles. The molecule has 1 aliphatic heterocycles. The zero-order valence-electron chi connectivity index (χ0n) is 14.0. The number of para-hydroxylation sites is 1. The third kappa shape index (κ3) is 3.81. The van der Waals surface area contributed by atoms with Gasteiger partial charge >= 0.3 is 0 Å². The topological polar surface area (TPSA) is 76.4 Å². The first kappa shape index (κ1) is 17.0. The smallest absolute Gasteiger partial charge is 0.256 e. The Morgan fingerprint density at radius 3 is 2.92 bits per heavy atom. The average Bonchev–Trinajstić information content (AvgIpc) is 3.15. The zero-order chi connectivity index (χ0) is 17.6. The number of amides is 1. The van der Waals surface area contributed by atoms with Gasteiger partial charge in [-0.2, -0.15) is 5.26 Å². The third-order valence-corrected chi connectivity index (χ3v) is 4.55. The number of carbonyl (C=O) groups is 1. The number of nitrogens with zero attached hydrogens (tertiary/aromatic N) is 2. The molecule has 1 atom stereocenters. The van der Waals surface area contributed by atoms with Crippen molar-refractivity contribution in [3.8, 4) is 6.07 Å². The van der Waals surface area contributed by atoms with E-state index in [2.05, 4.69) is 11.4 Å². The van der Waals surface area contributed by atoms with Gasteiger partial charge in [0.2, 0.25) is 0 Å². The van der Waals surface area contributed by atoms with Crippen LogP contribution in [-0.2, 0) is 6.54 Å². The summed E-state index contributed by atoms with van der Waals surface area (Å²) in [5.74, 6) is -0.0505. The van der Waals surface area contributed by atoms with Crippen molar-refractivity contribution >= 4 is 11.6 Å². The number of benzene rings is 2. The van der Waals surface area contributed by atoms with E-state index in [1.807, 2.05) is 42.5 Å². The summed E-state index contributed by atoms with van der Waals surface area (Å²) in [7, 11) is 0. The number of aliphatic hydroxyl groups excluding tert-OH is 1. The van der Waals surface area contributed by atoms with E-state index in [9.17, 15) is 9.90 Å².